The highest BCUT2D eigenvalue weighted by Gasteiger charge is 2.29. The molecule has 0 aliphatic heterocycles. The molecule has 0 amide bonds. The molecule has 0 aromatic heterocycles. The fourth-order valence-corrected chi connectivity index (χ4v) is 1.86. The third kappa shape index (κ3) is 3.04. The van der Waals surface area contributed by atoms with Gasteiger partial charge < -0.3 is 15.5 Å². The molecule has 0 fully saturated rings. The van der Waals surface area contributed by atoms with E-state index < -0.39 is 23.2 Å². The van der Waals surface area contributed by atoms with Crippen LogP contribution in [0.4, 0.5) is 8.78 Å². The Balaban J connectivity index is 2.94. The van der Waals surface area contributed by atoms with Crippen molar-refractivity contribution in [1.29, 1.82) is 0 Å². The summed E-state index contributed by atoms with van der Waals surface area (Å²) in [5.41, 5.74) is -0.715. The number of aliphatic hydroxyl groups excluding tert-OH is 2. The van der Waals surface area contributed by atoms with Crippen LogP contribution >= 0.6 is 0 Å². The average Bonchev–Trinajstić information content (AvgIpc) is 2.39. The highest BCUT2D eigenvalue weighted by atomic mass is 19.2. The zero-order chi connectivity index (χ0) is 13.8. The quantitative estimate of drug-likeness (QED) is 0.729. The molecule has 3 N–H and O–H groups in total. The molecule has 0 aliphatic carbocycles. The topological polar surface area (TPSA) is 52.5 Å². The molecule has 5 heteroatoms. The van der Waals surface area contributed by atoms with E-state index in [4.69, 9.17) is 0 Å². The molecular weight excluding hydrogens is 240 g/mol. The maximum Gasteiger partial charge on any atom is 0.163 e. The Hall–Kier alpha value is -1.04. The Kier molecular flexibility index (Phi) is 5.19. The Morgan fingerprint density at radius 2 is 1.89 bits per heavy atom. The zero-order valence-electron chi connectivity index (χ0n) is 10.6. The first-order chi connectivity index (χ1) is 8.49. The monoisotopic (exact) mass is 259 g/mol. The maximum absolute atomic E-state index is 13.6. The molecule has 0 bridgehead atoms. The molecule has 0 saturated carbocycles. The van der Waals surface area contributed by atoms with Gasteiger partial charge >= 0.3 is 0 Å². The minimum Gasteiger partial charge on any atom is -0.394 e. The van der Waals surface area contributed by atoms with Crippen molar-refractivity contribution in [3.63, 3.8) is 0 Å². The third-order valence-corrected chi connectivity index (χ3v) is 3.25. The molecule has 102 valence electrons. The van der Waals surface area contributed by atoms with Crippen LogP contribution in [-0.2, 0) is 0 Å². The van der Waals surface area contributed by atoms with Gasteiger partial charge in [-0.1, -0.05) is 19.1 Å². The normalized spacial score (nSPS) is 13.7. The van der Waals surface area contributed by atoms with Gasteiger partial charge in [-0.15, -0.1) is 0 Å². The lowest BCUT2D eigenvalue weighted by Gasteiger charge is -2.33. The fraction of sp³-hybridized carbons (Fsp3) is 0.538. The summed E-state index contributed by atoms with van der Waals surface area (Å²) < 4.78 is 26.7. The van der Waals surface area contributed by atoms with Crippen molar-refractivity contribution in [3.8, 4) is 0 Å². The Labute approximate surface area is 105 Å². The smallest absolute Gasteiger partial charge is 0.163 e. The number of nitrogens with one attached hydrogen (secondary N) is 1. The second kappa shape index (κ2) is 6.22. The van der Waals surface area contributed by atoms with Crippen molar-refractivity contribution in [2.45, 2.75) is 31.8 Å². The molecule has 0 radical (unpaired) electrons. The number of aliphatic hydroxyl groups is 2. The summed E-state index contributed by atoms with van der Waals surface area (Å²) in [7, 11) is 0. The summed E-state index contributed by atoms with van der Waals surface area (Å²) in [5, 5.41) is 21.6. The number of hydrogen-bond donors (Lipinski definition) is 3. The summed E-state index contributed by atoms with van der Waals surface area (Å²) >= 11 is 0. The molecule has 0 spiro atoms. The molecule has 0 aliphatic rings. The second-order valence-corrected chi connectivity index (χ2v) is 4.46. The number of benzene rings is 1. The first kappa shape index (κ1) is 15.0. The van der Waals surface area contributed by atoms with Crippen LogP contribution in [0.2, 0.25) is 0 Å². The van der Waals surface area contributed by atoms with Gasteiger partial charge in [-0.3, -0.25) is 0 Å². The number of rotatable bonds is 6. The average molecular weight is 259 g/mol. The van der Waals surface area contributed by atoms with E-state index >= 15 is 0 Å². The van der Waals surface area contributed by atoms with Crippen molar-refractivity contribution in [2.75, 3.05) is 13.2 Å². The molecule has 1 atom stereocenters. The molecule has 1 rings (SSSR count). The van der Waals surface area contributed by atoms with Crippen LogP contribution in [0.1, 0.15) is 31.9 Å². The first-order valence-corrected chi connectivity index (χ1v) is 5.93. The largest absolute Gasteiger partial charge is 0.394 e. The van der Waals surface area contributed by atoms with Crippen LogP contribution in [-0.4, -0.2) is 29.0 Å². The van der Waals surface area contributed by atoms with Gasteiger partial charge in [0.15, 0.2) is 11.6 Å². The third-order valence-electron chi connectivity index (χ3n) is 3.25. The van der Waals surface area contributed by atoms with Crippen molar-refractivity contribution >= 4 is 0 Å². The SMILES string of the molecule is CCC(CO)(CO)NC(C)c1cccc(F)c1F. The molecule has 1 aromatic rings. The van der Waals surface area contributed by atoms with Gasteiger partial charge in [0.2, 0.25) is 0 Å². The van der Waals surface area contributed by atoms with Gasteiger partial charge in [0, 0.05) is 11.6 Å². The van der Waals surface area contributed by atoms with E-state index in [1.165, 1.54) is 12.1 Å². The summed E-state index contributed by atoms with van der Waals surface area (Å²) in [4.78, 5) is 0. The van der Waals surface area contributed by atoms with E-state index in [1.807, 2.05) is 0 Å². The summed E-state index contributed by atoms with van der Waals surface area (Å²) in [5.74, 6) is -1.81. The molecule has 0 heterocycles. The summed E-state index contributed by atoms with van der Waals surface area (Å²) in [6, 6.07) is 3.44. The Morgan fingerprint density at radius 1 is 1.28 bits per heavy atom. The Bertz CT molecular complexity index is 386. The van der Waals surface area contributed by atoms with E-state index in [0.717, 1.165) is 6.07 Å². The molecule has 3 nitrogen and oxygen atoms in total. The minimum absolute atomic E-state index is 0.176. The van der Waals surface area contributed by atoms with Crippen LogP contribution in [0.25, 0.3) is 0 Å². The van der Waals surface area contributed by atoms with Crippen molar-refractivity contribution in [2.24, 2.45) is 0 Å². The minimum atomic E-state index is -0.906. The number of halogens is 2. The molecule has 18 heavy (non-hydrogen) atoms. The van der Waals surface area contributed by atoms with Crippen molar-refractivity contribution < 1.29 is 19.0 Å². The predicted octanol–water partition coefficient (Wildman–Crippen LogP) is 1.75. The maximum atomic E-state index is 13.6. The summed E-state index contributed by atoms with van der Waals surface area (Å²) in [6.45, 7) is 2.91. The van der Waals surface area contributed by atoms with Crippen LogP contribution in [0.3, 0.4) is 0 Å². The van der Waals surface area contributed by atoms with Crippen molar-refractivity contribution in [1.82, 2.24) is 5.32 Å². The van der Waals surface area contributed by atoms with Crippen LogP contribution in [0, 0.1) is 11.6 Å². The van der Waals surface area contributed by atoms with Crippen LogP contribution < -0.4 is 5.32 Å². The zero-order valence-corrected chi connectivity index (χ0v) is 10.6. The molecular formula is C13H19F2NO2. The molecule has 0 saturated heterocycles. The van der Waals surface area contributed by atoms with Crippen molar-refractivity contribution in [3.05, 3.63) is 35.4 Å². The second-order valence-electron chi connectivity index (χ2n) is 4.46. The van der Waals surface area contributed by atoms with E-state index in [1.54, 1.807) is 13.8 Å². The van der Waals surface area contributed by atoms with Gasteiger partial charge in [0.05, 0.1) is 18.8 Å². The van der Waals surface area contributed by atoms with Gasteiger partial charge in [-0.25, -0.2) is 8.78 Å². The fourth-order valence-electron chi connectivity index (χ4n) is 1.86. The highest BCUT2D eigenvalue weighted by molar-refractivity contribution is 5.22. The lowest BCUT2D eigenvalue weighted by atomic mass is 9.95. The van der Waals surface area contributed by atoms with Crippen LogP contribution in [0.5, 0.6) is 0 Å². The van der Waals surface area contributed by atoms with E-state index in [0.29, 0.717) is 6.42 Å². The first-order valence-electron chi connectivity index (χ1n) is 5.93. The summed E-state index contributed by atoms with van der Waals surface area (Å²) in [6.07, 6.45) is 0.473. The lowest BCUT2D eigenvalue weighted by Crippen LogP contribution is -2.52. The Morgan fingerprint density at radius 3 is 2.39 bits per heavy atom. The van der Waals surface area contributed by atoms with Gasteiger partial charge in [0.1, 0.15) is 0 Å². The van der Waals surface area contributed by atoms with E-state index in [2.05, 4.69) is 5.32 Å². The van der Waals surface area contributed by atoms with Crippen LogP contribution in [0.15, 0.2) is 18.2 Å². The predicted molar refractivity (Wildman–Crippen MR) is 65.1 cm³/mol. The van der Waals surface area contributed by atoms with E-state index in [-0.39, 0.29) is 18.8 Å². The highest BCUT2D eigenvalue weighted by Crippen LogP contribution is 2.22. The van der Waals surface area contributed by atoms with E-state index in [9.17, 15) is 19.0 Å². The van der Waals surface area contributed by atoms with Gasteiger partial charge in [-0.2, -0.15) is 0 Å². The van der Waals surface area contributed by atoms with Gasteiger partial charge in [-0.05, 0) is 19.4 Å². The molecule has 1 aromatic carbocycles. The number of hydrogen-bond acceptors (Lipinski definition) is 3. The lowest BCUT2D eigenvalue weighted by molar-refractivity contribution is 0.0788. The molecule has 1 unspecified atom stereocenters. The standard InChI is InChI=1S/C13H19F2NO2/c1-3-13(7-17,8-18)16-9(2)10-5-4-6-11(14)12(10)15/h4-6,9,16-18H,3,7-8H2,1-2H3. The van der Waals surface area contributed by atoms with Gasteiger partial charge in [0.25, 0.3) is 0 Å².